The lowest BCUT2D eigenvalue weighted by Crippen LogP contribution is -2.54. The van der Waals surface area contributed by atoms with Crippen molar-refractivity contribution in [2.24, 2.45) is 5.73 Å². The van der Waals surface area contributed by atoms with Gasteiger partial charge in [-0.25, -0.2) is 13.8 Å². The van der Waals surface area contributed by atoms with Crippen LogP contribution in [0.15, 0.2) is 24.4 Å². The summed E-state index contributed by atoms with van der Waals surface area (Å²) in [5, 5.41) is 3.13. The molecule has 1 aromatic carbocycles. The standard InChI is InChI=1S/C16H17F2N3O2S.ClH/c17-11-2-1-10(13(18)8-11)7-12-9-20-15(24-12)21-14(22)16(19)3-5-23-6-4-16;/h1-2,8-9H,3-7,19H2,(H,20,21,22);1H. The molecule has 1 saturated heterocycles. The van der Waals surface area contributed by atoms with E-state index in [9.17, 15) is 13.6 Å². The molecule has 0 atom stereocenters. The van der Waals surface area contributed by atoms with Crippen molar-refractivity contribution in [3.8, 4) is 0 Å². The topological polar surface area (TPSA) is 77.2 Å². The normalized spacial score (nSPS) is 16.1. The lowest BCUT2D eigenvalue weighted by molar-refractivity contribution is -0.124. The molecular formula is C16H18ClF2N3O2S. The average Bonchev–Trinajstić information content (AvgIpc) is 2.98. The van der Waals surface area contributed by atoms with Gasteiger partial charge in [0.15, 0.2) is 5.13 Å². The number of rotatable bonds is 4. The van der Waals surface area contributed by atoms with Crippen LogP contribution in [0, 0.1) is 11.6 Å². The van der Waals surface area contributed by atoms with E-state index >= 15 is 0 Å². The van der Waals surface area contributed by atoms with E-state index < -0.39 is 17.2 Å². The van der Waals surface area contributed by atoms with Gasteiger partial charge in [-0.3, -0.25) is 4.79 Å². The van der Waals surface area contributed by atoms with E-state index in [1.54, 1.807) is 6.20 Å². The Morgan fingerprint density at radius 2 is 2.08 bits per heavy atom. The lowest BCUT2D eigenvalue weighted by atomic mass is 9.90. The van der Waals surface area contributed by atoms with Crippen molar-refractivity contribution in [2.75, 3.05) is 18.5 Å². The first kappa shape index (κ1) is 19.7. The minimum atomic E-state index is -0.951. The van der Waals surface area contributed by atoms with E-state index in [1.807, 2.05) is 0 Å². The largest absolute Gasteiger partial charge is 0.381 e. The van der Waals surface area contributed by atoms with Crippen LogP contribution < -0.4 is 11.1 Å². The Balaban J connectivity index is 0.00000225. The van der Waals surface area contributed by atoms with Crippen molar-refractivity contribution in [1.82, 2.24) is 4.98 Å². The molecule has 5 nitrogen and oxygen atoms in total. The van der Waals surface area contributed by atoms with Crippen molar-refractivity contribution in [3.05, 3.63) is 46.5 Å². The van der Waals surface area contributed by atoms with Gasteiger partial charge in [0, 0.05) is 36.8 Å². The highest BCUT2D eigenvalue weighted by atomic mass is 35.5. The highest BCUT2D eigenvalue weighted by molar-refractivity contribution is 7.15. The molecular weight excluding hydrogens is 372 g/mol. The Hall–Kier alpha value is -1.61. The number of hydrogen-bond acceptors (Lipinski definition) is 5. The van der Waals surface area contributed by atoms with Gasteiger partial charge in [0.2, 0.25) is 5.91 Å². The number of thiazole rings is 1. The number of nitrogens with two attached hydrogens (primary N) is 1. The summed E-state index contributed by atoms with van der Waals surface area (Å²) < 4.78 is 31.8. The summed E-state index contributed by atoms with van der Waals surface area (Å²) in [5.74, 6) is -1.50. The molecule has 1 aromatic heterocycles. The van der Waals surface area contributed by atoms with Gasteiger partial charge in [0.05, 0.1) is 0 Å². The van der Waals surface area contributed by atoms with E-state index in [0.717, 1.165) is 10.9 Å². The van der Waals surface area contributed by atoms with Gasteiger partial charge in [0.1, 0.15) is 17.2 Å². The summed E-state index contributed by atoms with van der Waals surface area (Å²) in [4.78, 5) is 17.2. The van der Waals surface area contributed by atoms with Gasteiger partial charge in [-0.2, -0.15) is 0 Å². The predicted octanol–water partition coefficient (Wildman–Crippen LogP) is 2.88. The molecule has 0 aliphatic carbocycles. The lowest BCUT2D eigenvalue weighted by Gasteiger charge is -2.31. The average molecular weight is 390 g/mol. The minimum absolute atomic E-state index is 0. The first-order valence-corrected chi connectivity index (χ1v) is 8.35. The maximum Gasteiger partial charge on any atom is 0.246 e. The van der Waals surface area contributed by atoms with Gasteiger partial charge in [0.25, 0.3) is 0 Å². The minimum Gasteiger partial charge on any atom is -0.381 e. The maximum absolute atomic E-state index is 13.7. The zero-order valence-corrected chi connectivity index (χ0v) is 14.9. The fraction of sp³-hybridized carbons (Fsp3) is 0.375. The molecule has 0 radical (unpaired) electrons. The molecule has 2 heterocycles. The number of aromatic nitrogens is 1. The Kier molecular flexibility index (Phi) is 6.45. The molecule has 3 N–H and O–H groups in total. The summed E-state index contributed by atoms with van der Waals surface area (Å²) in [5.41, 5.74) is 5.54. The molecule has 0 spiro atoms. The number of carbonyl (C=O) groups excluding carboxylic acids is 1. The van der Waals surface area contributed by atoms with Gasteiger partial charge in [-0.1, -0.05) is 6.07 Å². The summed E-state index contributed by atoms with van der Waals surface area (Å²) in [6, 6.07) is 3.47. The third-order valence-electron chi connectivity index (χ3n) is 3.99. The van der Waals surface area contributed by atoms with Crippen molar-refractivity contribution < 1.29 is 18.3 Å². The Labute approximate surface area is 154 Å². The summed E-state index contributed by atoms with van der Waals surface area (Å²) in [7, 11) is 0. The van der Waals surface area contributed by atoms with E-state index in [0.29, 0.717) is 36.8 Å². The zero-order chi connectivity index (χ0) is 17.2. The van der Waals surface area contributed by atoms with Crippen molar-refractivity contribution in [1.29, 1.82) is 0 Å². The maximum atomic E-state index is 13.7. The van der Waals surface area contributed by atoms with Crippen molar-refractivity contribution >= 4 is 34.8 Å². The molecule has 1 amide bonds. The van der Waals surface area contributed by atoms with Crippen LogP contribution in [0.5, 0.6) is 0 Å². The fourth-order valence-corrected chi connectivity index (χ4v) is 3.31. The van der Waals surface area contributed by atoms with Crippen LogP contribution in [-0.2, 0) is 16.0 Å². The number of halogens is 3. The van der Waals surface area contributed by atoms with Crippen molar-refractivity contribution in [3.63, 3.8) is 0 Å². The molecule has 136 valence electrons. The van der Waals surface area contributed by atoms with Gasteiger partial charge in [-0.05, 0) is 24.5 Å². The van der Waals surface area contributed by atoms with Crippen LogP contribution in [0.1, 0.15) is 23.3 Å². The number of hydrogen-bond donors (Lipinski definition) is 2. The number of nitrogens with one attached hydrogen (secondary N) is 1. The van der Waals surface area contributed by atoms with Crippen LogP contribution >= 0.6 is 23.7 Å². The molecule has 1 fully saturated rings. The van der Waals surface area contributed by atoms with E-state index in [-0.39, 0.29) is 24.7 Å². The van der Waals surface area contributed by atoms with Gasteiger partial charge in [-0.15, -0.1) is 23.7 Å². The SMILES string of the molecule is Cl.NC1(C(=O)Nc2ncc(Cc3ccc(F)cc3F)s2)CCOCC1. The first-order valence-electron chi connectivity index (χ1n) is 7.53. The van der Waals surface area contributed by atoms with E-state index in [2.05, 4.69) is 10.3 Å². The number of amides is 1. The Morgan fingerprint density at radius 1 is 1.36 bits per heavy atom. The molecule has 0 unspecified atom stereocenters. The fourth-order valence-electron chi connectivity index (χ4n) is 2.48. The Bertz CT molecular complexity index is 751. The highest BCUT2D eigenvalue weighted by Crippen LogP contribution is 2.25. The van der Waals surface area contributed by atoms with Crippen LogP contribution in [-0.4, -0.2) is 29.6 Å². The molecule has 9 heteroatoms. The molecule has 1 aliphatic heterocycles. The first-order chi connectivity index (χ1) is 11.5. The van der Waals surface area contributed by atoms with Crippen LogP contribution in [0.3, 0.4) is 0 Å². The van der Waals surface area contributed by atoms with Crippen molar-refractivity contribution in [2.45, 2.75) is 24.8 Å². The second kappa shape index (κ2) is 8.18. The van der Waals surface area contributed by atoms with E-state index in [4.69, 9.17) is 10.5 Å². The zero-order valence-electron chi connectivity index (χ0n) is 13.3. The summed E-state index contributed by atoms with van der Waals surface area (Å²) in [6.07, 6.45) is 2.76. The van der Waals surface area contributed by atoms with E-state index in [1.165, 1.54) is 23.5 Å². The monoisotopic (exact) mass is 389 g/mol. The summed E-state index contributed by atoms with van der Waals surface area (Å²) in [6.45, 7) is 0.910. The molecule has 0 saturated carbocycles. The van der Waals surface area contributed by atoms with Gasteiger partial charge >= 0.3 is 0 Å². The van der Waals surface area contributed by atoms with Crippen LogP contribution in [0.4, 0.5) is 13.9 Å². The predicted molar refractivity (Wildman–Crippen MR) is 94.1 cm³/mol. The second-order valence-corrected chi connectivity index (χ2v) is 6.88. The molecule has 2 aromatic rings. The molecule has 1 aliphatic rings. The number of carbonyl (C=O) groups is 1. The number of nitrogens with zero attached hydrogens (tertiary/aromatic N) is 1. The van der Waals surface area contributed by atoms with Crippen LogP contribution in [0.25, 0.3) is 0 Å². The molecule has 25 heavy (non-hydrogen) atoms. The third-order valence-corrected chi connectivity index (χ3v) is 4.90. The second-order valence-electron chi connectivity index (χ2n) is 5.77. The number of ether oxygens (including phenoxy) is 1. The van der Waals surface area contributed by atoms with Gasteiger partial charge < -0.3 is 15.8 Å². The number of anilines is 1. The Morgan fingerprint density at radius 3 is 2.76 bits per heavy atom. The van der Waals surface area contributed by atoms with Crippen LogP contribution in [0.2, 0.25) is 0 Å². The summed E-state index contributed by atoms with van der Waals surface area (Å²) >= 11 is 1.24. The molecule has 0 bridgehead atoms. The third kappa shape index (κ3) is 4.72. The smallest absolute Gasteiger partial charge is 0.246 e. The quantitative estimate of drug-likeness (QED) is 0.842. The highest BCUT2D eigenvalue weighted by Gasteiger charge is 2.36. The number of benzene rings is 1. The molecule has 3 rings (SSSR count).